The van der Waals surface area contributed by atoms with Crippen LogP contribution >= 0.6 is 0 Å². The van der Waals surface area contributed by atoms with E-state index in [2.05, 4.69) is 29.5 Å². The van der Waals surface area contributed by atoms with E-state index in [0.29, 0.717) is 24.6 Å². The van der Waals surface area contributed by atoms with Gasteiger partial charge in [-0.15, -0.1) is 0 Å². The average molecular weight is 348 g/mol. The molecule has 3 aromatic rings. The number of nitrogens with one attached hydrogen (secondary N) is 1. The number of benzene rings is 2. The zero-order valence-electron chi connectivity index (χ0n) is 14.6. The van der Waals surface area contributed by atoms with E-state index >= 15 is 0 Å². The number of para-hydroxylation sites is 1. The highest BCUT2D eigenvalue weighted by Crippen LogP contribution is 2.28. The van der Waals surface area contributed by atoms with Crippen LogP contribution in [0.25, 0.3) is 11.3 Å². The molecule has 1 N–H and O–H groups in total. The molecule has 1 aromatic heterocycles. The largest absolute Gasteiger partial charge is 0.492 e. The van der Waals surface area contributed by atoms with Crippen molar-refractivity contribution >= 4 is 11.8 Å². The number of carbonyl (C=O) groups is 1. The summed E-state index contributed by atoms with van der Waals surface area (Å²) in [7, 11) is 0. The SMILES string of the molecule is CCc1ccc(-c2cc(NC(=O)C3COc4ccccc4C3)on2)cc1. The standard InChI is InChI=1S/C21H20N2O3/c1-2-14-7-9-15(10-8-14)18-12-20(26-23-18)22-21(24)17-11-16-5-3-4-6-19(16)25-13-17/h3-10,12,17H,2,11,13H2,1H3,(H,22,24). The summed E-state index contributed by atoms with van der Waals surface area (Å²) in [5.74, 6) is 0.836. The number of aromatic nitrogens is 1. The van der Waals surface area contributed by atoms with Gasteiger partial charge in [0.2, 0.25) is 11.8 Å². The monoisotopic (exact) mass is 348 g/mol. The van der Waals surface area contributed by atoms with Crippen LogP contribution in [-0.2, 0) is 17.6 Å². The Labute approximate surface area is 152 Å². The van der Waals surface area contributed by atoms with E-state index in [1.807, 2.05) is 36.4 Å². The van der Waals surface area contributed by atoms with Gasteiger partial charge in [-0.2, -0.15) is 0 Å². The van der Waals surface area contributed by atoms with Crippen molar-refractivity contribution in [1.82, 2.24) is 5.16 Å². The van der Waals surface area contributed by atoms with E-state index in [1.165, 1.54) is 5.56 Å². The molecule has 1 aliphatic heterocycles. The van der Waals surface area contributed by atoms with Crippen molar-refractivity contribution in [2.75, 3.05) is 11.9 Å². The second-order valence-corrected chi connectivity index (χ2v) is 6.44. The number of hydrogen-bond acceptors (Lipinski definition) is 4. The molecule has 0 bridgehead atoms. The third-order valence-corrected chi connectivity index (χ3v) is 4.66. The fourth-order valence-corrected chi connectivity index (χ4v) is 3.10. The van der Waals surface area contributed by atoms with Crippen LogP contribution in [0.15, 0.2) is 59.1 Å². The zero-order chi connectivity index (χ0) is 17.9. The molecule has 132 valence electrons. The van der Waals surface area contributed by atoms with E-state index in [9.17, 15) is 4.79 Å². The predicted molar refractivity (Wildman–Crippen MR) is 99.1 cm³/mol. The second kappa shape index (κ2) is 7.04. The van der Waals surface area contributed by atoms with Crippen molar-refractivity contribution < 1.29 is 14.1 Å². The van der Waals surface area contributed by atoms with Crippen LogP contribution in [0.1, 0.15) is 18.1 Å². The molecule has 0 saturated carbocycles. The predicted octanol–water partition coefficient (Wildman–Crippen LogP) is 4.09. The van der Waals surface area contributed by atoms with Gasteiger partial charge in [-0.05, 0) is 30.0 Å². The minimum absolute atomic E-state index is 0.122. The third kappa shape index (κ3) is 3.33. The number of ether oxygens (including phenoxy) is 1. The first-order valence-electron chi connectivity index (χ1n) is 8.80. The number of hydrogen-bond donors (Lipinski definition) is 1. The molecule has 1 unspecified atom stereocenters. The van der Waals surface area contributed by atoms with Gasteiger partial charge in [0.25, 0.3) is 0 Å². The Bertz CT molecular complexity index is 915. The first-order chi connectivity index (χ1) is 12.7. The highest BCUT2D eigenvalue weighted by Gasteiger charge is 2.26. The first kappa shape index (κ1) is 16.4. The molecular weight excluding hydrogens is 328 g/mol. The van der Waals surface area contributed by atoms with E-state index in [4.69, 9.17) is 9.26 Å². The van der Waals surface area contributed by atoms with Gasteiger partial charge >= 0.3 is 0 Å². The molecule has 2 heterocycles. The van der Waals surface area contributed by atoms with Crippen LogP contribution in [0, 0.1) is 5.92 Å². The van der Waals surface area contributed by atoms with Crippen molar-refractivity contribution in [1.29, 1.82) is 0 Å². The van der Waals surface area contributed by atoms with Crippen LogP contribution in [-0.4, -0.2) is 17.7 Å². The minimum Gasteiger partial charge on any atom is -0.492 e. The molecule has 0 aliphatic carbocycles. The van der Waals surface area contributed by atoms with Crippen LogP contribution in [0.3, 0.4) is 0 Å². The maximum Gasteiger partial charge on any atom is 0.233 e. The minimum atomic E-state index is -0.248. The lowest BCUT2D eigenvalue weighted by atomic mass is 9.96. The van der Waals surface area contributed by atoms with Gasteiger partial charge in [-0.3, -0.25) is 10.1 Å². The smallest absolute Gasteiger partial charge is 0.233 e. The topological polar surface area (TPSA) is 64.4 Å². The fourth-order valence-electron chi connectivity index (χ4n) is 3.10. The summed E-state index contributed by atoms with van der Waals surface area (Å²) in [6.07, 6.45) is 1.65. The maximum atomic E-state index is 12.5. The summed E-state index contributed by atoms with van der Waals surface area (Å²) in [5, 5.41) is 6.86. The Morgan fingerprint density at radius 1 is 1.19 bits per heavy atom. The summed E-state index contributed by atoms with van der Waals surface area (Å²) < 4.78 is 11.0. The molecule has 5 heteroatoms. The molecule has 4 rings (SSSR count). The van der Waals surface area contributed by atoms with Gasteiger partial charge in [0.05, 0.1) is 5.92 Å². The summed E-state index contributed by atoms with van der Waals surface area (Å²) in [5.41, 5.74) is 3.98. The lowest BCUT2D eigenvalue weighted by molar-refractivity contribution is -0.121. The second-order valence-electron chi connectivity index (χ2n) is 6.44. The molecule has 5 nitrogen and oxygen atoms in total. The van der Waals surface area contributed by atoms with E-state index in [-0.39, 0.29) is 11.8 Å². The van der Waals surface area contributed by atoms with Crippen LogP contribution in [0.5, 0.6) is 5.75 Å². The van der Waals surface area contributed by atoms with Crippen molar-refractivity contribution in [2.24, 2.45) is 5.92 Å². The molecule has 26 heavy (non-hydrogen) atoms. The average Bonchev–Trinajstić information content (AvgIpc) is 3.16. The molecule has 0 spiro atoms. The summed E-state index contributed by atoms with van der Waals surface area (Å²) in [6, 6.07) is 17.7. The van der Waals surface area contributed by atoms with Crippen LogP contribution in [0.2, 0.25) is 0 Å². The molecule has 0 radical (unpaired) electrons. The Hall–Kier alpha value is -3.08. The number of anilines is 1. The molecule has 1 aliphatic rings. The van der Waals surface area contributed by atoms with E-state index in [1.54, 1.807) is 6.07 Å². The van der Waals surface area contributed by atoms with Crippen molar-refractivity contribution in [3.63, 3.8) is 0 Å². The molecule has 1 atom stereocenters. The summed E-state index contributed by atoms with van der Waals surface area (Å²) >= 11 is 0. The normalized spacial score (nSPS) is 15.8. The van der Waals surface area contributed by atoms with Gasteiger partial charge in [0, 0.05) is 11.6 Å². The van der Waals surface area contributed by atoms with Gasteiger partial charge in [-0.25, -0.2) is 0 Å². The van der Waals surface area contributed by atoms with Gasteiger partial charge in [-0.1, -0.05) is 54.5 Å². The third-order valence-electron chi connectivity index (χ3n) is 4.66. The summed E-state index contributed by atoms with van der Waals surface area (Å²) in [4.78, 5) is 12.5. The van der Waals surface area contributed by atoms with Crippen molar-refractivity contribution in [3.05, 3.63) is 65.7 Å². The van der Waals surface area contributed by atoms with E-state index < -0.39 is 0 Å². The number of carbonyl (C=O) groups excluding carboxylic acids is 1. The van der Waals surface area contributed by atoms with Crippen LogP contribution in [0.4, 0.5) is 5.88 Å². The Morgan fingerprint density at radius 3 is 2.81 bits per heavy atom. The number of amides is 1. The molecular formula is C21H20N2O3. The maximum absolute atomic E-state index is 12.5. The fraction of sp³-hybridized carbons (Fsp3) is 0.238. The number of rotatable bonds is 4. The number of nitrogens with zero attached hydrogens (tertiary/aromatic N) is 1. The number of fused-ring (bicyclic) bond motifs is 1. The van der Waals surface area contributed by atoms with Gasteiger partial charge in [0.15, 0.2) is 0 Å². The van der Waals surface area contributed by atoms with Crippen LogP contribution < -0.4 is 10.1 Å². The zero-order valence-corrected chi connectivity index (χ0v) is 14.6. The lowest BCUT2D eigenvalue weighted by Gasteiger charge is -2.23. The van der Waals surface area contributed by atoms with Crippen molar-refractivity contribution in [2.45, 2.75) is 19.8 Å². The Kier molecular flexibility index (Phi) is 4.44. The molecule has 0 fully saturated rings. The molecule has 0 saturated heterocycles. The summed E-state index contributed by atoms with van der Waals surface area (Å²) in [6.45, 7) is 2.48. The number of aryl methyl sites for hydroxylation is 1. The molecule has 1 amide bonds. The van der Waals surface area contributed by atoms with Gasteiger partial charge in [0.1, 0.15) is 18.1 Å². The first-order valence-corrected chi connectivity index (χ1v) is 8.80. The quantitative estimate of drug-likeness (QED) is 0.771. The Balaban J connectivity index is 1.43. The highest BCUT2D eigenvalue weighted by atomic mass is 16.5. The van der Waals surface area contributed by atoms with Gasteiger partial charge < -0.3 is 9.26 Å². The van der Waals surface area contributed by atoms with E-state index in [0.717, 1.165) is 23.3 Å². The highest BCUT2D eigenvalue weighted by molar-refractivity contribution is 5.92. The lowest BCUT2D eigenvalue weighted by Crippen LogP contribution is -2.32. The van der Waals surface area contributed by atoms with Crippen molar-refractivity contribution in [3.8, 4) is 17.0 Å². The Morgan fingerprint density at radius 2 is 2.00 bits per heavy atom. The molecule has 2 aromatic carbocycles.